The quantitative estimate of drug-likeness (QED) is 0.676. The molecule has 0 aromatic heterocycles. The third kappa shape index (κ3) is 3.03. The first-order chi connectivity index (χ1) is 10.2. The first kappa shape index (κ1) is 13.9. The molecular formula is C16H16N2O2S. The molecule has 5 heteroatoms. The number of anilines is 1. The van der Waals surface area contributed by atoms with Crippen LogP contribution in [0.15, 0.2) is 46.2 Å². The van der Waals surface area contributed by atoms with Gasteiger partial charge in [-0.05, 0) is 48.6 Å². The molecule has 108 valence electrons. The lowest BCUT2D eigenvalue weighted by atomic mass is 10.1. The average molecular weight is 300 g/mol. The van der Waals surface area contributed by atoms with Crippen LogP contribution in [0.1, 0.15) is 17.5 Å². The van der Waals surface area contributed by atoms with E-state index in [0.717, 1.165) is 21.9 Å². The van der Waals surface area contributed by atoms with Crippen LogP contribution in [0.3, 0.4) is 0 Å². The molecule has 21 heavy (non-hydrogen) atoms. The van der Waals surface area contributed by atoms with E-state index in [0.29, 0.717) is 0 Å². The third-order valence-corrected chi connectivity index (χ3v) is 4.66. The van der Waals surface area contributed by atoms with Gasteiger partial charge < -0.3 is 5.32 Å². The van der Waals surface area contributed by atoms with Crippen molar-refractivity contribution < 1.29 is 4.92 Å². The molecule has 1 aliphatic carbocycles. The number of nitro benzene ring substituents is 1. The Kier molecular flexibility index (Phi) is 3.84. The zero-order chi connectivity index (χ0) is 14.8. The number of rotatable bonds is 4. The molecule has 0 saturated carbocycles. The van der Waals surface area contributed by atoms with E-state index in [1.807, 2.05) is 6.07 Å². The second kappa shape index (κ2) is 5.77. The van der Waals surface area contributed by atoms with Crippen molar-refractivity contribution in [3.63, 3.8) is 0 Å². The molecule has 0 saturated heterocycles. The lowest BCUT2D eigenvalue weighted by molar-refractivity contribution is -0.385. The van der Waals surface area contributed by atoms with Gasteiger partial charge in [0, 0.05) is 34.7 Å². The van der Waals surface area contributed by atoms with Gasteiger partial charge in [0.25, 0.3) is 5.69 Å². The monoisotopic (exact) mass is 300 g/mol. The Labute approximate surface area is 127 Å². The Balaban J connectivity index is 1.90. The van der Waals surface area contributed by atoms with Gasteiger partial charge in [-0.25, -0.2) is 0 Å². The maximum Gasteiger partial charge on any atom is 0.272 e. The van der Waals surface area contributed by atoms with E-state index in [4.69, 9.17) is 0 Å². The van der Waals surface area contributed by atoms with Crippen molar-refractivity contribution >= 4 is 23.1 Å². The zero-order valence-electron chi connectivity index (χ0n) is 11.8. The van der Waals surface area contributed by atoms with Gasteiger partial charge >= 0.3 is 0 Å². The average Bonchev–Trinajstić information content (AvgIpc) is 2.94. The fraction of sp³-hybridized carbons (Fsp3) is 0.250. The highest BCUT2D eigenvalue weighted by molar-refractivity contribution is 7.99. The summed E-state index contributed by atoms with van der Waals surface area (Å²) in [5.74, 6) is 0. The molecule has 0 aliphatic heterocycles. The number of fused-ring (bicyclic) bond motifs is 1. The Morgan fingerprint density at radius 1 is 1.10 bits per heavy atom. The molecule has 0 unspecified atom stereocenters. The first-order valence-electron chi connectivity index (χ1n) is 6.92. The Bertz CT molecular complexity index is 701. The van der Waals surface area contributed by atoms with Crippen molar-refractivity contribution in [3.8, 4) is 0 Å². The standard InChI is InChI=1S/C16H16N2O2S/c1-17-13-8-14(18(19)20)10-16(9-13)21-15-6-5-11-3-2-4-12(11)7-15/h5-10,17H,2-4H2,1H3. The van der Waals surface area contributed by atoms with Crippen molar-refractivity contribution in [2.24, 2.45) is 0 Å². The summed E-state index contributed by atoms with van der Waals surface area (Å²) < 4.78 is 0. The number of benzene rings is 2. The summed E-state index contributed by atoms with van der Waals surface area (Å²) in [7, 11) is 1.77. The van der Waals surface area contributed by atoms with E-state index >= 15 is 0 Å². The minimum atomic E-state index is -0.354. The predicted octanol–water partition coefficient (Wildman–Crippen LogP) is 4.28. The topological polar surface area (TPSA) is 55.2 Å². The normalized spacial score (nSPS) is 13.0. The van der Waals surface area contributed by atoms with E-state index in [1.165, 1.54) is 24.0 Å². The zero-order valence-corrected chi connectivity index (χ0v) is 12.6. The molecule has 1 aliphatic rings. The summed E-state index contributed by atoms with van der Waals surface area (Å²) in [4.78, 5) is 12.7. The van der Waals surface area contributed by atoms with Crippen molar-refractivity contribution in [2.45, 2.75) is 29.1 Å². The molecule has 0 fully saturated rings. The highest BCUT2D eigenvalue weighted by Gasteiger charge is 2.13. The minimum absolute atomic E-state index is 0.116. The van der Waals surface area contributed by atoms with E-state index in [-0.39, 0.29) is 10.6 Å². The van der Waals surface area contributed by atoms with Gasteiger partial charge in [-0.15, -0.1) is 0 Å². The molecule has 0 spiro atoms. The molecule has 0 bridgehead atoms. The van der Waals surface area contributed by atoms with Gasteiger partial charge in [-0.2, -0.15) is 0 Å². The lowest BCUT2D eigenvalue weighted by Gasteiger charge is -2.07. The SMILES string of the molecule is CNc1cc(Sc2ccc3c(c2)CCC3)cc([N+](=O)[O-])c1. The molecule has 0 atom stereocenters. The van der Waals surface area contributed by atoms with Crippen molar-refractivity contribution in [2.75, 3.05) is 12.4 Å². The lowest BCUT2D eigenvalue weighted by Crippen LogP contribution is -1.93. The van der Waals surface area contributed by atoms with Crippen molar-refractivity contribution in [1.29, 1.82) is 0 Å². The number of nitrogens with zero attached hydrogens (tertiary/aromatic N) is 1. The van der Waals surface area contributed by atoms with Gasteiger partial charge in [-0.3, -0.25) is 10.1 Å². The van der Waals surface area contributed by atoms with Crippen LogP contribution in [0.4, 0.5) is 11.4 Å². The van der Waals surface area contributed by atoms with Gasteiger partial charge in [0.2, 0.25) is 0 Å². The van der Waals surface area contributed by atoms with Crippen LogP contribution in [0.25, 0.3) is 0 Å². The second-order valence-corrected chi connectivity index (χ2v) is 6.26. The van der Waals surface area contributed by atoms with Crippen LogP contribution in [0.2, 0.25) is 0 Å². The Morgan fingerprint density at radius 2 is 1.90 bits per heavy atom. The third-order valence-electron chi connectivity index (χ3n) is 3.70. The number of hydrogen-bond acceptors (Lipinski definition) is 4. The van der Waals surface area contributed by atoms with E-state index < -0.39 is 0 Å². The van der Waals surface area contributed by atoms with Gasteiger partial charge in [0.15, 0.2) is 0 Å². The Morgan fingerprint density at radius 3 is 2.67 bits per heavy atom. The predicted molar refractivity (Wildman–Crippen MR) is 85.2 cm³/mol. The molecular weight excluding hydrogens is 284 g/mol. The number of non-ortho nitro benzene ring substituents is 1. The maximum atomic E-state index is 11.0. The number of aryl methyl sites for hydroxylation is 2. The number of nitro groups is 1. The fourth-order valence-electron chi connectivity index (χ4n) is 2.64. The molecule has 2 aromatic carbocycles. The highest BCUT2D eigenvalue weighted by Crippen LogP contribution is 2.35. The van der Waals surface area contributed by atoms with Crippen LogP contribution in [0, 0.1) is 10.1 Å². The Hall–Kier alpha value is -2.01. The van der Waals surface area contributed by atoms with E-state index in [9.17, 15) is 10.1 Å². The first-order valence-corrected chi connectivity index (χ1v) is 7.74. The van der Waals surface area contributed by atoms with Crippen LogP contribution in [-0.4, -0.2) is 12.0 Å². The smallest absolute Gasteiger partial charge is 0.272 e. The van der Waals surface area contributed by atoms with Crippen molar-refractivity contribution in [3.05, 3.63) is 57.6 Å². The maximum absolute atomic E-state index is 11.0. The molecule has 1 N–H and O–H groups in total. The molecule has 0 amide bonds. The summed E-state index contributed by atoms with van der Waals surface area (Å²) in [6.45, 7) is 0. The summed E-state index contributed by atoms with van der Waals surface area (Å²) in [5, 5.41) is 14.0. The summed E-state index contributed by atoms with van der Waals surface area (Å²) in [5.41, 5.74) is 3.73. The molecule has 0 heterocycles. The van der Waals surface area contributed by atoms with Gasteiger partial charge in [0.05, 0.1) is 4.92 Å². The van der Waals surface area contributed by atoms with Crippen molar-refractivity contribution in [1.82, 2.24) is 0 Å². The van der Waals surface area contributed by atoms with E-state index in [2.05, 4.69) is 23.5 Å². The highest BCUT2D eigenvalue weighted by atomic mass is 32.2. The van der Waals surface area contributed by atoms with Gasteiger partial charge in [0.1, 0.15) is 0 Å². The summed E-state index contributed by atoms with van der Waals surface area (Å²) >= 11 is 1.57. The number of nitrogens with one attached hydrogen (secondary N) is 1. The largest absolute Gasteiger partial charge is 0.388 e. The fourth-order valence-corrected chi connectivity index (χ4v) is 3.61. The number of hydrogen-bond donors (Lipinski definition) is 1. The molecule has 0 radical (unpaired) electrons. The van der Waals surface area contributed by atoms with Crippen LogP contribution in [0.5, 0.6) is 0 Å². The van der Waals surface area contributed by atoms with E-state index in [1.54, 1.807) is 30.9 Å². The summed E-state index contributed by atoms with van der Waals surface area (Å²) in [6.07, 6.45) is 3.53. The van der Waals surface area contributed by atoms with Crippen LogP contribution in [-0.2, 0) is 12.8 Å². The minimum Gasteiger partial charge on any atom is -0.388 e. The molecule has 4 nitrogen and oxygen atoms in total. The van der Waals surface area contributed by atoms with Crippen LogP contribution >= 0.6 is 11.8 Å². The summed E-state index contributed by atoms with van der Waals surface area (Å²) in [6, 6.07) is 11.6. The molecule has 2 aromatic rings. The van der Waals surface area contributed by atoms with Gasteiger partial charge in [-0.1, -0.05) is 17.8 Å². The molecule has 3 rings (SSSR count). The van der Waals surface area contributed by atoms with Crippen LogP contribution < -0.4 is 5.32 Å². The second-order valence-electron chi connectivity index (χ2n) is 5.11.